The standard InChI is InChI=1S/C39H39F2N9O4/c1-47-35-28(5-3-7-32(35)50(38(47)54)33-14-15-34(51)45-37(33)53)29-16-17-48(22-39(29,40)41)20-23-8-11-27(12-9-23)49-21-24-18-25(10-13-30(24)46-49)44-36(52)31-6-2-4-26(19-42)43-31/h2-7,10,13,18,21,23,27,29,33H,8-9,11-12,14-17,20,22H2,1H3,(H,44,52)(H,45,51,53). The average molecular weight is 736 g/mol. The molecule has 1 aliphatic carbocycles. The first-order valence-corrected chi connectivity index (χ1v) is 18.3. The fourth-order valence-corrected chi connectivity index (χ4v) is 8.61. The molecule has 54 heavy (non-hydrogen) atoms. The molecule has 2 aliphatic heterocycles. The Hall–Kier alpha value is -5.75. The van der Waals surface area contributed by atoms with E-state index in [0.29, 0.717) is 35.4 Å². The van der Waals surface area contributed by atoms with Crippen LogP contribution in [0.2, 0.25) is 0 Å². The number of nitrogens with zero attached hydrogens (tertiary/aromatic N) is 7. The molecule has 13 nitrogen and oxygen atoms in total. The van der Waals surface area contributed by atoms with Crippen LogP contribution in [0.15, 0.2) is 65.6 Å². The third-order valence-electron chi connectivity index (χ3n) is 11.3. The van der Waals surface area contributed by atoms with Crippen molar-refractivity contribution in [2.24, 2.45) is 13.0 Å². The number of nitrogens with one attached hydrogen (secondary N) is 2. The van der Waals surface area contributed by atoms with Gasteiger partial charge < -0.3 is 5.32 Å². The van der Waals surface area contributed by atoms with E-state index < -0.39 is 41.3 Å². The van der Waals surface area contributed by atoms with E-state index in [9.17, 15) is 19.2 Å². The van der Waals surface area contributed by atoms with Crippen LogP contribution in [-0.4, -0.2) is 72.1 Å². The van der Waals surface area contributed by atoms with Crippen molar-refractivity contribution in [3.63, 3.8) is 0 Å². The second-order valence-corrected chi connectivity index (χ2v) is 14.8. The number of aromatic nitrogens is 5. The maximum atomic E-state index is 16.1. The van der Waals surface area contributed by atoms with Crippen LogP contribution in [0.4, 0.5) is 14.5 Å². The van der Waals surface area contributed by atoms with Crippen LogP contribution in [0.1, 0.15) is 84.7 Å². The summed E-state index contributed by atoms with van der Waals surface area (Å²) in [4.78, 5) is 56.4. The second-order valence-electron chi connectivity index (χ2n) is 14.8. The van der Waals surface area contributed by atoms with Crippen molar-refractivity contribution in [3.05, 3.63) is 88.2 Å². The summed E-state index contributed by atoms with van der Waals surface area (Å²) in [6.07, 6.45) is 5.99. The number of anilines is 1. The SMILES string of the molecule is Cn1c(=O)n(C2CCC(=O)NC2=O)c2cccc(C3CCN(CC4CCC(n5cc6cc(NC(=O)c7cccc(C#N)n7)ccc6n5)CC4)CC3(F)F)c21. The number of amides is 3. The van der Waals surface area contributed by atoms with Gasteiger partial charge in [0.05, 0.1) is 35.1 Å². The number of benzene rings is 2. The minimum Gasteiger partial charge on any atom is -0.321 e. The Labute approximate surface area is 308 Å². The quantitative estimate of drug-likeness (QED) is 0.220. The zero-order chi connectivity index (χ0) is 37.7. The van der Waals surface area contributed by atoms with Gasteiger partial charge in [-0.2, -0.15) is 10.4 Å². The molecule has 3 aliphatic rings. The third kappa shape index (κ3) is 6.55. The van der Waals surface area contributed by atoms with Crippen LogP contribution in [0.3, 0.4) is 0 Å². The zero-order valence-corrected chi connectivity index (χ0v) is 29.7. The van der Waals surface area contributed by atoms with Gasteiger partial charge in [-0.25, -0.2) is 18.6 Å². The molecule has 2 aromatic carbocycles. The van der Waals surface area contributed by atoms with Gasteiger partial charge in [-0.3, -0.25) is 38.4 Å². The zero-order valence-electron chi connectivity index (χ0n) is 29.7. The molecular weight excluding hydrogens is 696 g/mol. The average Bonchev–Trinajstić information content (AvgIpc) is 3.69. The van der Waals surface area contributed by atoms with E-state index in [4.69, 9.17) is 10.4 Å². The molecular formula is C39H39F2N9O4. The van der Waals surface area contributed by atoms with E-state index in [2.05, 4.69) is 15.6 Å². The number of piperidine rings is 2. The number of hydrogen-bond acceptors (Lipinski definition) is 8. The number of imidazole rings is 1. The van der Waals surface area contributed by atoms with Gasteiger partial charge in [0, 0.05) is 37.3 Å². The van der Waals surface area contributed by atoms with Gasteiger partial charge in [-0.1, -0.05) is 18.2 Å². The molecule has 3 aromatic heterocycles. The number of imide groups is 1. The molecule has 278 valence electrons. The number of rotatable bonds is 7. The summed E-state index contributed by atoms with van der Waals surface area (Å²) in [5, 5.41) is 19.9. The summed E-state index contributed by atoms with van der Waals surface area (Å²) >= 11 is 0. The molecule has 3 fully saturated rings. The van der Waals surface area contributed by atoms with E-state index in [0.717, 1.165) is 36.6 Å². The number of hydrogen-bond donors (Lipinski definition) is 2. The predicted octanol–water partition coefficient (Wildman–Crippen LogP) is 5.04. The molecule has 2 N–H and O–H groups in total. The predicted molar refractivity (Wildman–Crippen MR) is 195 cm³/mol. The summed E-state index contributed by atoms with van der Waals surface area (Å²) in [5.74, 6) is -5.22. The first-order valence-electron chi connectivity index (χ1n) is 18.3. The van der Waals surface area contributed by atoms with E-state index >= 15 is 8.78 Å². The maximum absolute atomic E-state index is 16.1. The van der Waals surface area contributed by atoms with Crippen molar-refractivity contribution in [1.29, 1.82) is 5.26 Å². The number of aryl methyl sites for hydroxylation is 1. The first-order chi connectivity index (χ1) is 26.0. The Morgan fingerprint density at radius 1 is 1.04 bits per heavy atom. The second kappa shape index (κ2) is 13.9. The van der Waals surface area contributed by atoms with Crippen LogP contribution in [0.5, 0.6) is 0 Å². The highest BCUT2D eigenvalue weighted by molar-refractivity contribution is 6.04. The number of nitriles is 1. The van der Waals surface area contributed by atoms with Gasteiger partial charge in [0.15, 0.2) is 0 Å². The van der Waals surface area contributed by atoms with E-state index in [1.54, 1.807) is 43.4 Å². The van der Waals surface area contributed by atoms with E-state index in [-0.39, 0.29) is 49.2 Å². The summed E-state index contributed by atoms with van der Waals surface area (Å²) < 4.78 is 36.9. The molecule has 15 heteroatoms. The lowest BCUT2D eigenvalue weighted by molar-refractivity contribution is -0.135. The lowest BCUT2D eigenvalue weighted by atomic mass is 9.83. The summed E-state index contributed by atoms with van der Waals surface area (Å²) in [6.45, 7) is 0.709. The number of carbonyl (C=O) groups excluding carboxylic acids is 3. The number of pyridine rings is 1. The third-order valence-corrected chi connectivity index (χ3v) is 11.3. The van der Waals surface area contributed by atoms with Gasteiger partial charge in [0.25, 0.3) is 11.8 Å². The molecule has 0 bridgehead atoms. The molecule has 2 unspecified atom stereocenters. The van der Waals surface area contributed by atoms with Crippen LogP contribution in [-0.2, 0) is 16.6 Å². The highest BCUT2D eigenvalue weighted by atomic mass is 19.3. The van der Waals surface area contributed by atoms with Crippen molar-refractivity contribution in [1.82, 2.24) is 34.1 Å². The van der Waals surface area contributed by atoms with Crippen LogP contribution < -0.4 is 16.3 Å². The normalized spacial score (nSPS) is 23.3. The van der Waals surface area contributed by atoms with Gasteiger partial charge in [0.2, 0.25) is 11.8 Å². The van der Waals surface area contributed by atoms with Gasteiger partial charge >= 0.3 is 5.69 Å². The Bertz CT molecular complexity index is 2400. The Balaban J connectivity index is 0.895. The highest BCUT2D eigenvalue weighted by Crippen LogP contribution is 2.44. The lowest BCUT2D eigenvalue weighted by Gasteiger charge is -2.41. The smallest absolute Gasteiger partial charge is 0.321 e. The number of carbonyl (C=O) groups is 3. The Morgan fingerprint density at radius 2 is 1.83 bits per heavy atom. The molecule has 0 spiro atoms. The first kappa shape index (κ1) is 35.3. The van der Waals surface area contributed by atoms with Crippen molar-refractivity contribution in [2.45, 2.75) is 68.9 Å². The van der Waals surface area contributed by atoms with E-state index in [1.807, 2.05) is 34.0 Å². The van der Waals surface area contributed by atoms with Gasteiger partial charge in [0.1, 0.15) is 23.5 Å². The van der Waals surface area contributed by atoms with Crippen LogP contribution in [0, 0.1) is 17.2 Å². The maximum Gasteiger partial charge on any atom is 0.329 e. The monoisotopic (exact) mass is 735 g/mol. The molecule has 8 rings (SSSR count). The minimum atomic E-state index is -3.04. The molecule has 1 saturated carbocycles. The van der Waals surface area contributed by atoms with Crippen molar-refractivity contribution in [3.8, 4) is 6.07 Å². The summed E-state index contributed by atoms with van der Waals surface area (Å²) in [7, 11) is 1.54. The van der Waals surface area contributed by atoms with Crippen molar-refractivity contribution in [2.75, 3.05) is 25.0 Å². The number of fused-ring (bicyclic) bond motifs is 2. The van der Waals surface area contributed by atoms with Crippen molar-refractivity contribution < 1.29 is 23.2 Å². The lowest BCUT2D eigenvalue weighted by Crippen LogP contribution is -2.49. The number of halogens is 2. The largest absolute Gasteiger partial charge is 0.329 e. The molecule has 2 saturated heterocycles. The topological polar surface area (TPSA) is 160 Å². The fourth-order valence-electron chi connectivity index (χ4n) is 8.61. The molecule has 2 atom stereocenters. The van der Waals surface area contributed by atoms with Gasteiger partial charge in [-0.05, 0) is 92.9 Å². The van der Waals surface area contributed by atoms with Gasteiger partial charge in [-0.15, -0.1) is 0 Å². The number of para-hydroxylation sites is 1. The number of alkyl halides is 2. The number of likely N-dealkylation sites (tertiary alicyclic amines) is 1. The highest BCUT2D eigenvalue weighted by Gasteiger charge is 2.47. The summed E-state index contributed by atoms with van der Waals surface area (Å²) in [5.41, 5.74) is 2.44. The Kier molecular flexibility index (Phi) is 9.09. The molecule has 3 amide bonds. The molecule has 0 radical (unpaired) electrons. The Morgan fingerprint density at radius 3 is 2.59 bits per heavy atom. The van der Waals surface area contributed by atoms with Crippen LogP contribution in [0.25, 0.3) is 21.9 Å². The van der Waals surface area contributed by atoms with Crippen molar-refractivity contribution >= 4 is 45.3 Å². The van der Waals surface area contributed by atoms with Crippen LogP contribution >= 0.6 is 0 Å². The molecule has 5 heterocycles. The minimum absolute atomic E-state index is 0.0990. The fraction of sp³-hybridized carbons (Fsp3) is 0.410. The molecule has 5 aromatic rings. The summed E-state index contributed by atoms with van der Waals surface area (Å²) in [6, 6.07) is 16.4. The van der Waals surface area contributed by atoms with E-state index in [1.165, 1.54) is 15.2 Å².